The summed E-state index contributed by atoms with van der Waals surface area (Å²) in [6.45, 7) is 1.79. The van der Waals surface area contributed by atoms with E-state index >= 15 is 0 Å². The second-order valence-corrected chi connectivity index (χ2v) is 4.79. The SMILES string of the molecule is NCc1ccc(OCCCOc2ccc(Cl)cc2)cc1. The Kier molecular flexibility index (Phi) is 5.71. The van der Waals surface area contributed by atoms with E-state index in [1.54, 1.807) is 0 Å². The Balaban J connectivity index is 1.64. The van der Waals surface area contributed by atoms with Crippen molar-refractivity contribution in [1.82, 2.24) is 0 Å². The molecule has 0 fully saturated rings. The van der Waals surface area contributed by atoms with Crippen LogP contribution in [0.2, 0.25) is 5.02 Å². The lowest BCUT2D eigenvalue weighted by atomic mass is 10.2. The molecule has 0 aliphatic heterocycles. The number of benzene rings is 2. The molecule has 0 amide bonds. The van der Waals surface area contributed by atoms with Crippen LogP contribution in [0.4, 0.5) is 0 Å². The van der Waals surface area contributed by atoms with E-state index in [-0.39, 0.29) is 0 Å². The van der Waals surface area contributed by atoms with Crippen LogP contribution in [0.5, 0.6) is 11.5 Å². The molecule has 0 radical (unpaired) electrons. The van der Waals surface area contributed by atoms with Gasteiger partial charge in [0.2, 0.25) is 0 Å². The Hall–Kier alpha value is -1.71. The number of ether oxygens (including phenoxy) is 2. The molecule has 0 saturated carbocycles. The van der Waals surface area contributed by atoms with E-state index in [0.29, 0.717) is 24.8 Å². The molecule has 2 rings (SSSR count). The van der Waals surface area contributed by atoms with E-state index in [2.05, 4.69) is 0 Å². The number of nitrogens with two attached hydrogens (primary N) is 1. The third-order valence-corrected chi connectivity index (χ3v) is 3.05. The Labute approximate surface area is 124 Å². The molecular weight excluding hydrogens is 274 g/mol. The van der Waals surface area contributed by atoms with Crippen molar-refractivity contribution in [3.63, 3.8) is 0 Å². The molecular formula is C16H18ClNO2. The largest absolute Gasteiger partial charge is 0.493 e. The van der Waals surface area contributed by atoms with Gasteiger partial charge in [-0.25, -0.2) is 0 Å². The van der Waals surface area contributed by atoms with Crippen LogP contribution in [0.15, 0.2) is 48.5 Å². The van der Waals surface area contributed by atoms with Gasteiger partial charge in [-0.05, 0) is 42.0 Å². The average molecular weight is 292 g/mol. The van der Waals surface area contributed by atoms with Crippen molar-refractivity contribution in [1.29, 1.82) is 0 Å². The molecule has 0 aliphatic rings. The van der Waals surface area contributed by atoms with Gasteiger partial charge in [0.15, 0.2) is 0 Å². The molecule has 20 heavy (non-hydrogen) atoms. The first-order chi connectivity index (χ1) is 9.78. The van der Waals surface area contributed by atoms with Crippen molar-refractivity contribution in [2.24, 2.45) is 5.73 Å². The van der Waals surface area contributed by atoms with Crippen molar-refractivity contribution in [2.45, 2.75) is 13.0 Å². The fourth-order valence-corrected chi connectivity index (χ4v) is 1.82. The first-order valence-electron chi connectivity index (χ1n) is 6.58. The molecule has 0 unspecified atom stereocenters. The maximum atomic E-state index is 5.80. The second-order valence-electron chi connectivity index (χ2n) is 4.35. The molecule has 2 N–H and O–H groups in total. The summed E-state index contributed by atoms with van der Waals surface area (Å²) in [5.74, 6) is 1.68. The molecule has 0 spiro atoms. The number of rotatable bonds is 7. The van der Waals surface area contributed by atoms with E-state index in [9.17, 15) is 0 Å². The third kappa shape index (κ3) is 4.76. The topological polar surface area (TPSA) is 44.5 Å². The summed E-state index contributed by atoms with van der Waals surface area (Å²) in [6, 6.07) is 15.1. The van der Waals surface area contributed by atoms with Gasteiger partial charge in [-0.1, -0.05) is 23.7 Å². The molecule has 4 heteroatoms. The summed E-state index contributed by atoms with van der Waals surface area (Å²) >= 11 is 5.80. The first-order valence-corrected chi connectivity index (χ1v) is 6.96. The minimum Gasteiger partial charge on any atom is -0.493 e. The standard InChI is InChI=1S/C16H18ClNO2/c17-14-4-8-16(9-5-14)20-11-1-10-19-15-6-2-13(12-18)3-7-15/h2-9H,1,10-12,18H2. The highest BCUT2D eigenvalue weighted by Crippen LogP contribution is 2.16. The molecule has 0 aliphatic carbocycles. The normalized spacial score (nSPS) is 10.3. The summed E-state index contributed by atoms with van der Waals surface area (Å²) in [7, 11) is 0. The Morgan fingerprint density at radius 2 is 1.30 bits per heavy atom. The van der Waals surface area contributed by atoms with Crippen LogP contribution in [0.1, 0.15) is 12.0 Å². The van der Waals surface area contributed by atoms with Gasteiger partial charge >= 0.3 is 0 Å². The fraction of sp³-hybridized carbons (Fsp3) is 0.250. The summed E-state index contributed by atoms with van der Waals surface area (Å²) in [5, 5.41) is 0.710. The van der Waals surface area contributed by atoms with E-state index in [4.69, 9.17) is 26.8 Å². The van der Waals surface area contributed by atoms with Gasteiger partial charge in [0.25, 0.3) is 0 Å². The maximum Gasteiger partial charge on any atom is 0.119 e. The van der Waals surface area contributed by atoms with Gasteiger partial charge in [-0.2, -0.15) is 0 Å². The van der Waals surface area contributed by atoms with E-state index in [0.717, 1.165) is 23.5 Å². The van der Waals surface area contributed by atoms with Crippen molar-refractivity contribution >= 4 is 11.6 Å². The van der Waals surface area contributed by atoms with Crippen LogP contribution in [0.3, 0.4) is 0 Å². The van der Waals surface area contributed by atoms with E-state index in [1.165, 1.54) is 0 Å². The molecule has 0 heterocycles. The lowest BCUT2D eigenvalue weighted by molar-refractivity contribution is 0.247. The molecule has 3 nitrogen and oxygen atoms in total. The highest BCUT2D eigenvalue weighted by atomic mass is 35.5. The second kappa shape index (κ2) is 7.78. The van der Waals surface area contributed by atoms with Gasteiger partial charge in [0, 0.05) is 18.0 Å². The van der Waals surface area contributed by atoms with Gasteiger partial charge in [-0.3, -0.25) is 0 Å². The van der Waals surface area contributed by atoms with Crippen LogP contribution in [-0.2, 0) is 6.54 Å². The lowest BCUT2D eigenvalue weighted by Crippen LogP contribution is -2.05. The fourth-order valence-electron chi connectivity index (χ4n) is 1.69. The minimum atomic E-state index is 0.551. The van der Waals surface area contributed by atoms with Gasteiger partial charge in [-0.15, -0.1) is 0 Å². The highest BCUT2D eigenvalue weighted by molar-refractivity contribution is 6.30. The van der Waals surface area contributed by atoms with Crippen molar-refractivity contribution in [2.75, 3.05) is 13.2 Å². The van der Waals surface area contributed by atoms with E-state index in [1.807, 2.05) is 48.5 Å². The van der Waals surface area contributed by atoms with Crippen molar-refractivity contribution in [3.05, 3.63) is 59.1 Å². The molecule has 0 bridgehead atoms. The quantitative estimate of drug-likeness (QED) is 0.792. The Bertz CT molecular complexity index is 511. The van der Waals surface area contributed by atoms with Crippen molar-refractivity contribution in [3.8, 4) is 11.5 Å². The number of hydrogen-bond donors (Lipinski definition) is 1. The van der Waals surface area contributed by atoms with Crippen LogP contribution >= 0.6 is 11.6 Å². The zero-order chi connectivity index (χ0) is 14.2. The highest BCUT2D eigenvalue weighted by Gasteiger charge is 1.96. The molecule has 0 aromatic heterocycles. The summed E-state index contributed by atoms with van der Waals surface area (Å²) < 4.78 is 11.2. The Morgan fingerprint density at radius 3 is 1.80 bits per heavy atom. The number of hydrogen-bond acceptors (Lipinski definition) is 3. The van der Waals surface area contributed by atoms with Gasteiger partial charge < -0.3 is 15.2 Å². The van der Waals surface area contributed by atoms with Crippen LogP contribution in [0.25, 0.3) is 0 Å². The minimum absolute atomic E-state index is 0.551. The molecule has 0 saturated heterocycles. The average Bonchev–Trinajstić information content (AvgIpc) is 2.49. The van der Waals surface area contributed by atoms with Crippen LogP contribution < -0.4 is 15.2 Å². The van der Waals surface area contributed by atoms with E-state index < -0.39 is 0 Å². The summed E-state index contributed by atoms with van der Waals surface area (Å²) in [6.07, 6.45) is 0.821. The summed E-state index contributed by atoms with van der Waals surface area (Å²) in [4.78, 5) is 0. The van der Waals surface area contributed by atoms with Crippen LogP contribution in [-0.4, -0.2) is 13.2 Å². The number of halogens is 1. The van der Waals surface area contributed by atoms with Crippen molar-refractivity contribution < 1.29 is 9.47 Å². The lowest BCUT2D eigenvalue weighted by Gasteiger charge is -2.08. The predicted octanol–water partition coefficient (Wildman–Crippen LogP) is 3.65. The molecule has 0 atom stereocenters. The van der Waals surface area contributed by atoms with Crippen LogP contribution in [0, 0.1) is 0 Å². The predicted molar refractivity (Wildman–Crippen MR) is 81.4 cm³/mol. The molecule has 106 valence electrons. The summed E-state index contributed by atoms with van der Waals surface area (Å²) in [5.41, 5.74) is 6.64. The third-order valence-electron chi connectivity index (χ3n) is 2.80. The Morgan fingerprint density at radius 1 is 0.800 bits per heavy atom. The molecule has 2 aromatic carbocycles. The van der Waals surface area contributed by atoms with Gasteiger partial charge in [0.1, 0.15) is 11.5 Å². The molecule has 2 aromatic rings. The zero-order valence-electron chi connectivity index (χ0n) is 11.2. The first kappa shape index (κ1) is 14.7. The van der Waals surface area contributed by atoms with Gasteiger partial charge in [0.05, 0.1) is 13.2 Å². The monoisotopic (exact) mass is 291 g/mol. The maximum absolute atomic E-state index is 5.80. The smallest absolute Gasteiger partial charge is 0.119 e. The zero-order valence-corrected chi connectivity index (χ0v) is 12.0.